The standard InChI is InChI=1S/C17H19ClN4O2S/c1-12(13-2-4-14(18)5-3-13)20-21-16(23)10-15-11-25-17(19-15)22-6-8-24-9-7-22/h2-5,11H,6-10H2,1H3,(H,21,23)/b20-12-. The molecule has 3 rings (SSSR count). The molecule has 1 aliphatic rings. The van der Waals surface area contributed by atoms with Crippen molar-refractivity contribution in [3.8, 4) is 0 Å². The molecule has 0 atom stereocenters. The van der Waals surface area contributed by atoms with Gasteiger partial charge in [0.25, 0.3) is 0 Å². The number of morpholine rings is 1. The molecular weight excluding hydrogens is 360 g/mol. The Hall–Kier alpha value is -1.96. The first-order valence-electron chi connectivity index (χ1n) is 7.98. The van der Waals surface area contributed by atoms with Gasteiger partial charge in [-0.2, -0.15) is 5.10 Å². The van der Waals surface area contributed by atoms with Crippen LogP contribution >= 0.6 is 22.9 Å². The van der Waals surface area contributed by atoms with E-state index in [1.165, 1.54) is 0 Å². The zero-order chi connectivity index (χ0) is 17.6. The molecular formula is C17H19ClN4O2S. The second kappa shape index (κ2) is 8.42. The molecule has 2 aromatic rings. The molecule has 0 aliphatic carbocycles. The third-order valence-corrected chi connectivity index (χ3v) is 4.98. The molecule has 1 fully saturated rings. The van der Waals surface area contributed by atoms with Gasteiger partial charge in [-0.05, 0) is 24.6 Å². The molecule has 132 valence electrons. The Balaban J connectivity index is 1.54. The van der Waals surface area contributed by atoms with Gasteiger partial charge >= 0.3 is 0 Å². The number of halogens is 1. The normalized spacial score (nSPS) is 15.3. The SMILES string of the molecule is C/C(=N/NC(=O)Cc1csc(N2CCOCC2)n1)c1ccc(Cl)cc1. The number of carbonyl (C=O) groups is 1. The van der Waals surface area contributed by atoms with Gasteiger partial charge in [0.1, 0.15) is 0 Å². The van der Waals surface area contributed by atoms with Crippen LogP contribution in [0.3, 0.4) is 0 Å². The Morgan fingerprint density at radius 2 is 2.08 bits per heavy atom. The third kappa shape index (κ3) is 5.01. The Labute approximate surface area is 155 Å². The number of ether oxygens (including phenoxy) is 1. The molecule has 0 bridgehead atoms. The minimum atomic E-state index is -0.188. The molecule has 1 aromatic carbocycles. The predicted octanol–water partition coefficient (Wildman–Crippen LogP) is 2.72. The number of hydrogen-bond acceptors (Lipinski definition) is 6. The highest BCUT2D eigenvalue weighted by Crippen LogP contribution is 2.21. The van der Waals surface area contributed by atoms with E-state index in [0.29, 0.717) is 18.2 Å². The van der Waals surface area contributed by atoms with E-state index >= 15 is 0 Å². The Morgan fingerprint density at radius 1 is 1.36 bits per heavy atom. The van der Waals surface area contributed by atoms with E-state index in [1.54, 1.807) is 23.5 Å². The fourth-order valence-electron chi connectivity index (χ4n) is 2.38. The highest BCUT2D eigenvalue weighted by molar-refractivity contribution is 7.13. The summed E-state index contributed by atoms with van der Waals surface area (Å²) in [5, 5.41) is 7.66. The molecule has 1 saturated heterocycles. The van der Waals surface area contributed by atoms with Crippen LogP contribution in [0.15, 0.2) is 34.7 Å². The molecule has 1 aromatic heterocycles. The highest BCUT2D eigenvalue weighted by Gasteiger charge is 2.15. The molecule has 1 aliphatic heterocycles. The summed E-state index contributed by atoms with van der Waals surface area (Å²) in [6, 6.07) is 7.31. The van der Waals surface area contributed by atoms with Crippen molar-refractivity contribution in [3.05, 3.63) is 45.9 Å². The van der Waals surface area contributed by atoms with Crippen LogP contribution in [-0.4, -0.2) is 42.9 Å². The van der Waals surface area contributed by atoms with Gasteiger partial charge in [-0.1, -0.05) is 23.7 Å². The van der Waals surface area contributed by atoms with E-state index in [9.17, 15) is 4.79 Å². The van der Waals surface area contributed by atoms with Crippen LogP contribution in [0, 0.1) is 0 Å². The molecule has 25 heavy (non-hydrogen) atoms. The second-order valence-electron chi connectivity index (χ2n) is 5.64. The molecule has 0 unspecified atom stereocenters. The average Bonchev–Trinajstić information content (AvgIpc) is 3.09. The number of amides is 1. The number of benzene rings is 1. The number of anilines is 1. The van der Waals surface area contributed by atoms with E-state index in [4.69, 9.17) is 16.3 Å². The minimum absolute atomic E-state index is 0.188. The molecule has 1 amide bonds. The summed E-state index contributed by atoms with van der Waals surface area (Å²) < 4.78 is 5.34. The molecule has 2 heterocycles. The van der Waals surface area contributed by atoms with E-state index in [0.717, 1.165) is 35.2 Å². The fraction of sp³-hybridized carbons (Fsp3) is 0.353. The van der Waals surface area contributed by atoms with Crippen LogP contribution < -0.4 is 10.3 Å². The number of aromatic nitrogens is 1. The zero-order valence-corrected chi connectivity index (χ0v) is 15.4. The zero-order valence-electron chi connectivity index (χ0n) is 13.9. The van der Waals surface area contributed by atoms with E-state index in [-0.39, 0.29) is 12.3 Å². The van der Waals surface area contributed by atoms with Gasteiger partial charge in [0.2, 0.25) is 5.91 Å². The van der Waals surface area contributed by atoms with Crippen LogP contribution in [0.1, 0.15) is 18.2 Å². The van der Waals surface area contributed by atoms with Gasteiger partial charge in [-0.25, -0.2) is 10.4 Å². The van der Waals surface area contributed by atoms with E-state index in [1.807, 2.05) is 24.4 Å². The average molecular weight is 379 g/mol. The van der Waals surface area contributed by atoms with Gasteiger partial charge in [0, 0.05) is 23.5 Å². The quantitative estimate of drug-likeness (QED) is 0.641. The van der Waals surface area contributed by atoms with Crippen molar-refractivity contribution < 1.29 is 9.53 Å². The number of carbonyl (C=O) groups excluding carboxylic acids is 1. The number of hydrazone groups is 1. The largest absolute Gasteiger partial charge is 0.378 e. The van der Waals surface area contributed by atoms with Crippen molar-refractivity contribution in [1.29, 1.82) is 0 Å². The van der Waals surface area contributed by atoms with Gasteiger partial charge in [0.15, 0.2) is 5.13 Å². The maximum atomic E-state index is 12.1. The lowest BCUT2D eigenvalue weighted by molar-refractivity contribution is -0.120. The van der Waals surface area contributed by atoms with Crippen molar-refractivity contribution in [2.24, 2.45) is 5.10 Å². The van der Waals surface area contributed by atoms with Crippen molar-refractivity contribution in [2.75, 3.05) is 31.2 Å². The first-order valence-corrected chi connectivity index (χ1v) is 9.24. The summed E-state index contributed by atoms with van der Waals surface area (Å²) in [6.07, 6.45) is 0.207. The summed E-state index contributed by atoms with van der Waals surface area (Å²) in [6.45, 7) is 4.94. The second-order valence-corrected chi connectivity index (χ2v) is 6.91. The maximum Gasteiger partial charge on any atom is 0.246 e. The maximum absolute atomic E-state index is 12.1. The van der Waals surface area contributed by atoms with Crippen LogP contribution in [0.4, 0.5) is 5.13 Å². The van der Waals surface area contributed by atoms with Gasteiger partial charge in [-0.15, -0.1) is 11.3 Å². The lowest BCUT2D eigenvalue weighted by atomic mass is 10.1. The molecule has 8 heteroatoms. The van der Waals surface area contributed by atoms with Crippen molar-refractivity contribution in [3.63, 3.8) is 0 Å². The van der Waals surface area contributed by atoms with Crippen molar-refractivity contribution in [2.45, 2.75) is 13.3 Å². The summed E-state index contributed by atoms with van der Waals surface area (Å²) >= 11 is 7.42. The molecule has 1 N–H and O–H groups in total. The van der Waals surface area contributed by atoms with Crippen LogP contribution in [0.25, 0.3) is 0 Å². The molecule has 0 saturated carbocycles. The van der Waals surface area contributed by atoms with E-state index in [2.05, 4.69) is 20.4 Å². The van der Waals surface area contributed by atoms with Gasteiger partial charge in [-0.3, -0.25) is 4.79 Å². The summed E-state index contributed by atoms with van der Waals surface area (Å²) in [5.74, 6) is -0.188. The Kier molecular flexibility index (Phi) is 6.01. The van der Waals surface area contributed by atoms with Crippen molar-refractivity contribution >= 4 is 39.7 Å². The number of nitrogens with one attached hydrogen (secondary N) is 1. The number of rotatable bonds is 5. The lowest BCUT2D eigenvalue weighted by Gasteiger charge is -2.26. The highest BCUT2D eigenvalue weighted by atomic mass is 35.5. The summed E-state index contributed by atoms with van der Waals surface area (Å²) in [7, 11) is 0. The third-order valence-electron chi connectivity index (χ3n) is 3.77. The first kappa shape index (κ1) is 17.8. The number of thiazole rings is 1. The molecule has 0 radical (unpaired) electrons. The predicted molar refractivity (Wildman–Crippen MR) is 101 cm³/mol. The Bertz CT molecular complexity index is 754. The van der Waals surface area contributed by atoms with Crippen LogP contribution in [0.2, 0.25) is 5.02 Å². The monoisotopic (exact) mass is 378 g/mol. The molecule has 0 spiro atoms. The Morgan fingerprint density at radius 3 is 2.80 bits per heavy atom. The topological polar surface area (TPSA) is 66.8 Å². The van der Waals surface area contributed by atoms with Crippen molar-refractivity contribution in [1.82, 2.24) is 10.4 Å². The van der Waals surface area contributed by atoms with Gasteiger partial charge in [0.05, 0.1) is 31.0 Å². The van der Waals surface area contributed by atoms with Crippen LogP contribution in [0.5, 0.6) is 0 Å². The summed E-state index contributed by atoms with van der Waals surface area (Å²) in [5.41, 5.74) is 4.96. The number of nitrogens with zero attached hydrogens (tertiary/aromatic N) is 3. The van der Waals surface area contributed by atoms with Crippen LogP contribution in [-0.2, 0) is 16.0 Å². The lowest BCUT2D eigenvalue weighted by Crippen LogP contribution is -2.36. The molecule has 6 nitrogen and oxygen atoms in total. The smallest absolute Gasteiger partial charge is 0.246 e. The minimum Gasteiger partial charge on any atom is -0.378 e. The summed E-state index contributed by atoms with van der Waals surface area (Å²) in [4.78, 5) is 18.8. The first-order chi connectivity index (χ1) is 12.1. The van der Waals surface area contributed by atoms with E-state index < -0.39 is 0 Å². The van der Waals surface area contributed by atoms with Gasteiger partial charge < -0.3 is 9.64 Å². The fourth-order valence-corrected chi connectivity index (χ4v) is 3.39. The number of hydrogen-bond donors (Lipinski definition) is 1.